The van der Waals surface area contributed by atoms with E-state index in [0.717, 1.165) is 31.4 Å². The van der Waals surface area contributed by atoms with E-state index in [1.165, 1.54) is 71.3 Å². The van der Waals surface area contributed by atoms with Crippen molar-refractivity contribution >= 4 is 5.97 Å². The van der Waals surface area contributed by atoms with E-state index in [0.29, 0.717) is 12.6 Å². The molecule has 0 atom stereocenters. The van der Waals surface area contributed by atoms with Crippen molar-refractivity contribution in [1.29, 1.82) is 0 Å². The molecule has 0 aromatic carbocycles. The van der Waals surface area contributed by atoms with E-state index >= 15 is 0 Å². The lowest BCUT2D eigenvalue weighted by Crippen LogP contribution is -2.27. The highest BCUT2D eigenvalue weighted by molar-refractivity contribution is 5.71. The Balaban J connectivity index is 1.45. The van der Waals surface area contributed by atoms with Crippen molar-refractivity contribution in [2.45, 2.75) is 76.7 Å². The van der Waals surface area contributed by atoms with Gasteiger partial charge in [-0.3, -0.25) is 4.79 Å². The molecule has 0 aromatic heterocycles. The second-order valence-electron chi connectivity index (χ2n) is 7.36. The summed E-state index contributed by atoms with van der Waals surface area (Å²) in [4.78, 5) is 10.9. The summed E-state index contributed by atoms with van der Waals surface area (Å²) in [6.07, 6.45) is 15.5. The molecule has 4 nitrogen and oxygen atoms in total. The Kier molecular flexibility index (Phi) is 8.98. The van der Waals surface area contributed by atoms with Crippen molar-refractivity contribution in [2.75, 3.05) is 26.8 Å². The van der Waals surface area contributed by atoms with Crippen molar-refractivity contribution in [1.82, 2.24) is 5.32 Å². The number of hydrogen-bond donors (Lipinski definition) is 1. The van der Waals surface area contributed by atoms with Gasteiger partial charge in [0, 0.05) is 6.61 Å². The first-order valence-electron chi connectivity index (χ1n) is 9.67. The average Bonchev–Trinajstić information content (AvgIpc) is 2.60. The van der Waals surface area contributed by atoms with Crippen molar-refractivity contribution < 1.29 is 14.3 Å². The van der Waals surface area contributed by atoms with E-state index in [-0.39, 0.29) is 5.97 Å². The number of nitrogens with one attached hydrogen (secondary N) is 1. The van der Waals surface area contributed by atoms with Gasteiger partial charge in [-0.15, -0.1) is 0 Å². The first kappa shape index (κ1) is 18.7. The topological polar surface area (TPSA) is 47.6 Å². The summed E-state index contributed by atoms with van der Waals surface area (Å²) in [6.45, 7) is 1.90. The second-order valence-corrected chi connectivity index (χ2v) is 7.36. The van der Waals surface area contributed by atoms with Gasteiger partial charge in [0.2, 0.25) is 0 Å². The van der Waals surface area contributed by atoms with Crippen LogP contribution in [0.2, 0.25) is 0 Å². The molecule has 2 rings (SSSR count). The number of carbonyl (C=O) groups excluding carboxylic acids is 1. The summed E-state index contributed by atoms with van der Waals surface area (Å²) in [5, 5.41) is 3.07. The number of methoxy groups -OCH3 is 1. The lowest BCUT2D eigenvalue weighted by molar-refractivity contribution is -0.139. The highest BCUT2D eigenvalue weighted by Crippen LogP contribution is 2.35. The lowest BCUT2D eigenvalue weighted by atomic mass is 9.77. The quantitative estimate of drug-likeness (QED) is 0.519. The Labute approximate surface area is 141 Å². The van der Waals surface area contributed by atoms with Gasteiger partial charge in [-0.25, -0.2) is 0 Å². The van der Waals surface area contributed by atoms with E-state index in [9.17, 15) is 4.79 Å². The predicted octanol–water partition coefficient (Wildman–Crippen LogP) is 3.68. The van der Waals surface area contributed by atoms with Crippen LogP contribution in [-0.2, 0) is 14.3 Å². The average molecular weight is 325 g/mol. The maximum absolute atomic E-state index is 10.9. The molecule has 2 fully saturated rings. The zero-order chi connectivity index (χ0) is 16.3. The number of carbonyl (C=O) groups is 1. The van der Waals surface area contributed by atoms with Crippen LogP contribution in [0.1, 0.15) is 70.6 Å². The minimum absolute atomic E-state index is 0.206. The predicted molar refractivity (Wildman–Crippen MR) is 92.4 cm³/mol. The van der Waals surface area contributed by atoms with Crippen molar-refractivity contribution in [2.24, 2.45) is 11.8 Å². The van der Waals surface area contributed by atoms with Gasteiger partial charge in [-0.2, -0.15) is 0 Å². The molecule has 2 aliphatic rings. The smallest absolute Gasteiger partial charge is 0.319 e. The van der Waals surface area contributed by atoms with Gasteiger partial charge in [0.1, 0.15) is 0 Å². The Morgan fingerprint density at radius 2 is 1.70 bits per heavy atom. The fraction of sp³-hybridized carbons (Fsp3) is 0.947. The summed E-state index contributed by atoms with van der Waals surface area (Å²) < 4.78 is 10.6. The Bertz CT molecular complexity index is 321. The first-order valence-corrected chi connectivity index (χ1v) is 9.67. The molecule has 0 aromatic rings. The third-order valence-electron chi connectivity index (χ3n) is 5.53. The van der Waals surface area contributed by atoms with Crippen LogP contribution >= 0.6 is 0 Å². The molecule has 134 valence electrons. The number of ether oxygens (including phenoxy) is 2. The lowest BCUT2D eigenvalue weighted by Gasteiger charge is -2.32. The summed E-state index contributed by atoms with van der Waals surface area (Å²) in [7, 11) is 1.41. The molecule has 0 unspecified atom stereocenters. The normalized spacial score (nSPS) is 26.1. The maximum Gasteiger partial charge on any atom is 0.319 e. The van der Waals surface area contributed by atoms with Gasteiger partial charge in [0.15, 0.2) is 0 Å². The fourth-order valence-electron chi connectivity index (χ4n) is 4.14. The molecule has 0 aliphatic heterocycles. The fourth-order valence-corrected chi connectivity index (χ4v) is 4.14. The summed E-state index contributed by atoms with van der Waals surface area (Å²) in [6, 6.07) is 0. The molecule has 2 aliphatic carbocycles. The summed E-state index contributed by atoms with van der Waals surface area (Å²) in [5.41, 5.74) is 0. The number of esters is 1. The minimum Gasteiger partial charge on any atom is -0.468 e. The molecule has 0 amide bonds. The van der Waals surface area contributed by atoms with Gasteiger partial charge >= 0.3 is 5.97 Å². The van der Waals surface area contributed by atoms with Crippen molar-refractivity contribution in [3.63, 3.8) is 0 Å². The minimum atomic E-state index is -0.206. The second kappa shape index (κ2) is 11.0. The van der Waals surface area contributed by atoms with E-state index in [1.54, 1.807) is 0 Å². The standard InChI is InChI=1S/C19H35NO3/c1-22-19(21)15-20-12-5-13-23-18-10-8-17(9-11-18)14-16-6-3-2-4-7-16/h16-18,20H,2-15H2,1H3. The SMILES string of the molecule is COC(=O)CNCCCOC1CCC(CC2CCCCC2)CC1. The molecule has 23 heavy (non-hydrogen) atoms. The van der Waals surface area contributed by atoms with Crippen LogP contribution < -0.4 is 5.32 Å². The summed E-state index contributed by atoms with van der Waals surface area (Å²) >= 11 is 0. The molecule has 0 heterocycles. The highest BCUT2D eigenvalue weighted by atomic mass is 16.5. The van der Waals surface area contributed by atoms with Crippen molar-refractivity contribution in [3.05, 3.63) is 0 Å². The molecule has 0 spiro atoms. The van der Waals surface area contributed by atoms with Gasteiger partial charge in [0.25, 0.3) is 0 Å². The largest absolute Gasteiger partial charge is 0.468 e. The van der Waals surface area contributed by atoms with Crippen LogP contribution in [0.25, 0.3) is 0 Å². The zero-order valence-corrected chi connectivity index (χ0v) is 14.9. The first-order chi connectivity index (χ1) is 11.3. The van der Waals surface area contributed by atoms with Gasteiger partial charge in [0.05, 0.1) is 19.8 Å². The number of hydrogen-bond acceptors (Lipinski definition) is 4. The van der Waals surface area contributed by atoms with Crippen LogP contribution in [0.5, 0.6) is 0 Å². The van der Waals surface area contributed by atoms with Crippen LogP contribution in [0, 0.1) is 11.8 Å². The molecule has 1 N–H and O–H groups in total. The van der Waals surface area contributed by atoms with Crippen molar-refractivity contribution in [3.8, 4) is 0 Å². The van der Waals surface area contributed by atoms with E-state index < -0.39 is 0 Å². The monoisotopic (exact) mass is 325 g/mol. The number of rotatable bonds is 9. The maximum atomic E-state index is 10.9. The van der Waals surface area contributed by atoms with Gasteiger partial charge in [-0.1, -0.05) is 32.1 Å². The molecular formula is C19H35NO3. The van der Waals surface area contributed by atoms with E-state index in [4.69, 9.17) is 4.74 Å². The van der Waals surface area contributed by atoms with Crippen LogP contribution in [0.4, 0.5) is 0 Å². The highest BCUT2D eigenvalue weighted by Gasteiger charge is 2.24. The Morgan fingerprint density at radius 1 is 1.00 bits per heavy atom. The molecule has 2 saturated carbocycles. The summed E-state index contributed by atoms with van der Waals surface area (Å²) in [5.74, 6) is 1.77. The molecule has 0 bridgehead atoms. The zero-order valence-electron chi connectivity index (χ0n) is 14.9. The molecular weight excluding hydrogens is 290 g/mol. The van der Waals surface area contributed by atoms with Gasteiger partial charge < -0.3 is 14.8 Å². The van der Waals surface area contributed by atoms with E-state index in [2.05, 4.69) is 10.1 Å². The van der Waals surface area contributed by atoms with Gasteiger partial charge in [-0.05, 0) is 56.9 Å². The van der Waals surface area contributed by atoms with Crippen LogP contribution in [-0.4, -0.2) is 38.9 Å². The molecule has 0 radical (unpaired) electrons. The third kappa shape index (κ3) is 7.67. The Morgan fingerprint density at radius 3 is 2.39 bits per heavy atom. The van der Waals surface area contributed by atoms with Crippen LogP contribution in [0.15, 0.2) is 0 Å². The Hall–Kier alpha value is -0.610. The van der Waals surface area contributed by atoms with Crippen LogP contribution in [0.3, 0.4) is 0 Å². The third-order valence-corrected chi connectivity index (χ3v) is 5.53. The molecule has 4 heteroatoms. The van der Waals surface area contributed by atoms with E-state index in [1.807, 2.05) is 0 Å². The molecule has 0 saturated heterocycles.